The molecule has 0 radical (unpaired) electrons. The quantitative estimate of drug-likeness (QED) is 0.912. The van der Waals surface area contributed by atoms with Gasteiger partial charge in [-0.1, -0.05) is 48.1 Å². The SMILES string of the molecule is CCC(NC)c1nnc(Cc2ccccc2Cl)s1. The van der Waals surface area contributed by atoms with Gasteiger partial charge in [-0.2, -0.15) is 0 Å². The van der Waals surface area contributed by atoms with Gasteiger partial charge < -0.3 is 5.32 Å². The van der Waals surface area contributed by atoms with Crippen LogP contribution < -0.4 is 5.32 Å². The van der Waals surface area contributed by atoms with Gasteiger partial charge in [0.05, 0.1) is 6.04 Å². The average molecular weight is 282 g/mol. The number of benzene rings is 1. The highest BCUT2D eigenvalue weighted by Crippen LogP contribution is 2.24. The molecule has 0 saturated heterocycles. The lowest BCUT2D eigenvalue weighted by molar-refractivity contribution is 0.568. The Balaban J connectivity index is 2.14. The Morgan fingerprint density at radius 1 is 1.33 bits per heavy atom. The summed E-state index contributed by atoms with van der Waals surface area (Å²) in [6.07, 6.45) is 1.76. The van der Waals surface area contributed by atoms with E-state index in [1.165, 1.54) is 0 Å². The zero-order chi connectivity index (χ0) is 13.0. The molecule has 18 heavy (non-hydrogen) atoms. The molecule has 1 aromatic carbocycles. The first-order chi connectivity index (χ1) is 8.74. The van der Waals surface area contributed by atoms with E-state index in [4.69, 9.17) is 11.6 Å². The lowest BCUT2D eigenvalue weighted by Crippen LogP contribution is -2.14. The summed E-state index contributed by atoms with van der Waals surface area (Å²) in [5.41, 5.74) is 1.10. The van der Waals surface area contributed by atoms with Gasteiger partial charge in [0.1, 0.15) is 10.0 Å². The number of rotatable bonds is 5. The van der Waals surface area contributed by atoms with Crippen molar-refractivity contribution in [2.75, 3.05) is 7.05 Å². The largest absolute Gasteiger partial charge is 0.311 e. The van der Waals surface area contributed by atoms with Crippen LogP contribution in [0.25, 0.3) is 0 Å². The maximum Gasteiger partial charge on any atom is 0.134 e. The number of hydrogen-bond donors (Lipinski definition) is 1. The molecule has 2 aromatic rings. The molecule has 0 aliphatic rings. The van der Waals surface area contributed by atoms with Gasteiger partial charge in [-0.3, -0.25) is 0 Å². The van der Waals surface area contributed by atoms with Gasteiger partial charge in [-0.05, 0) is 25.1 Å². The molecule has 96 valence electrons. The van der Waals surface area contributed by atoms with E-state index in [-0.39, 0.29) is 0 Å². The van der Waals surface area contributed by atoms with E-state index < -0.39 is 0 Å². The smallest absolute Gasteiger partial charge is 0.134 e. The van der Waals surface area contributed by atoms with Gasteiger partial charge in [0, 0.05) is 11.4 Å². The zero-order valence-corrected chi connectivity index (χ0v) is 12.1. The highest BCUT2D eigenvalue weighted by atomic mass is 35.5. The second-order valence-electron chi connectivity index (χ2n) is 4.05. The minimum absolute atomic E-state index is 0.294. The lowest BCUT2D eigenvalue weighted by atomic mass is 10.2. The average Bonchev–Trinajstić information content (AvgIpc) is 2.82. The first kappa shape index (κ1) is 13.5. The molecule has 0 aliphatic heterocycles. The predicted molar refractivity (Wildman–Crippen MR) is 76.3 cm³/mol. The van der Waals surface area contributed by atoms with Crippen molar-refractivity contribution in [1.29, 1.82) is 0 Å². The highest BCUT2D eigenvalue weighted by molar-refractivity contribution is 7.11. The fourth-order valence-electron chi connectivity index (χ4n) is 1.79. The fourth-order valence-corrected chi connectivity index (χ4v) is 3.05. The van der Waals surface area contributed by atoms with Crippen molar-refractivity contribution in [3.63, 3.8) is 0 Å². The van der Waals surface area contributed by atoms with E-state index in [9.17, 15) is 0 Å². The summed E-state index contributed by atoms with van der Waals surface area (Å²) in [6.45, 7) is 2.14. The van der Waals surface area contributed by atoms with Gasteiger partial charge in [0.15, 0.2) is 0 Å². The maximum atomic E-state index is 6.14. The second-order valence-corrected chi connectivity index (χ2v) is 5.55. The van der Waals surface area contributed by atoms with Crippen LogP contribution in [0, 0.1) is 0 Å². The van der Waals surface area contributed by atoms with Gasteiger partial charge in [-0.15, -0.1) is 10.2 Å². The van der Waals surface area contributed by atoms with Crippen molar-refractivity contribution in [3.05, 3.63) is 44.9 Å². The van der Waals surface area contributed by atoms with Crippen molar-refractivity contribution in [1.82, 2.24) is 15.5 Å². The molecule has 0 spiro atoms. The first-order valence-corrected chi connectivity index (χ1v) is 7.17. The molecule has 2 rings (SSSR count). The molecule has 1 atom stereocenters. The van der Waals surface area contributed by atoms with E-state index in [0.717, 1.165) is 33.4 Å². The van der Waals surface area contributed by atoms with Crippen molar-refractivity contribution >= 4 is 22.9 Å². The summed E-state index contributed by atoms with van der Waals surface area (Å²) in [5, 5.41) is 14.6. The fraction of sp³-hybridized carbons (Fsp3) is 0.385. The molecule has 3 nitrogen and oxygen atoms in total. The Bertz CT molecular complexity index is 508. The number of nitrogens with one attached hydrogen (secondary N) is 1. The van der Waals surface area contributed by atoms with Crippen LogP contribution in [0.1, 0.15) is 35.0 Å². The molecule has 1 aromatic heterocycles. The van der Waals surface area contributed by atoms with Crippen LogP contribution in [0.15, 0.2) is 24.3 Å². The molecule has 0 aliphatic carbocycles. The Morgan fingerprint density at radius 3 is 2.78 bits per heavy atom. The van der Waals surface area contributed by atoms with Crippen molar-refractivity contribution in [2.24, 2.45) is 0 Å². The molecule has 1 unspecified atom stereocenters. The summed E-state index contributed by atoms with van der Waals surface area (Å²) < 4.78 is 0. The normalized spacial score (nSPS) is 12.6. The van der Waals surface area contributed by atoms with Gasteiger partial charge >= 0.3 is 0 Å². The van der Waals surface area contributed by atoms with Crippen LogP contribution in [-0.4, -0.2) is 17.2 Å². The third kappa shape index (κ3) is 3.07. The van der Waals surface area contributed by atoms with Crippen LogP contribution in [0.2, 0.25) is 5.02 Å². The molecular weight excluding hydrogens is 266 g/mol. The number of halogens is 1. The molecule has 5 heteroatoms. The van der Waals surface area contributed by atoms with E-state index in [1.807, 2.05) is 31.3 Å². The third-order valence-corrected chi connectivity index (χ3v) is 4.24. The summed E-state index contributed by atoms with van der Waals surface area (Å²) in [4.78, 5) is 0. The van der Waals surface area contributed by atoms with Gasteiger partial charge in [-0.25, -0.2) is 0 Å². The first-order valence-electron chi connectivity index (χ1n) is 5.97. The Labute approximate surface area is 116 Å². The van der Waals surface area contributed by atoms with E-state index >= 15 is 0 Å². The monoisotopic (exact) mass is 281 g/mol. The number of hydrogen-bond acceptors (Lipinski definition) is 4. The van der Waals surface area contributed by atoms with Crippen LogP contribution in [-0.2, 0) is 6.42 Å². The van der Waals surface area contributed by atoms with Crippen LogP contribution >= 0.6 is 22.9 Å². The molecule has 0 fully saturated rings. The molecule has 1 heterocycles. The Hall–Kier alpha value is -0.970. The predicted octanol–water partition coefficient (Wildman–Crippen LogP) is 3.45. The standard InChI is InChI=1S/C13H16ClN3S/c1-3-11(15-2)13-17-16-12(18-13)8-9-6-4-5-7-10(9)14/h4-7,11,15H,3,8H2,1-2H3. The number of nitrogens with zero attached hydrogens (tertiary/aromatic N) is 2. The number of aromatic nitrogens is 2. The van der Waals surface area contributed by atoms with Crippen LogP contribution in [0.3, 0.4) is 0 Å². The molecular formula is C13H16ClN3S. The van der Waals surface area contributed by atoms with E-state index in [0.29, 0.717) is 6.04 Å². The topological polar surface area (TPSA) is 37.8 Å². The molecule has 0 saturated carbocycles. The van der Waals surface area contributed by atoms with E-state index in [1.54, 1.807) is 11.3 Å². The van der Waals surface area contributed by atoms with Crippen LogP contribution in [0.4, 0.5) is 0 Å². The molecule has 1 N–H and O–H groups in total. The minimum atomic E-state index is 0.294. The summed E-state index contributed by atoms with van der Waals surface area (Å²) in [5.74, 6) is 0. The van der Waals surface area contributed by atoms with E-state index in [2.05, 4.69) is 22.4 Å². The van der Waals surface area contributed by atoms with Crippen LogP contribution in [0.5, 0.6) is 0 Å². The zero-order valence-electron chi connectivity index (χ0n) is 10.5. The summed E-state index contributed by atoms with van der Waals surface area (Å²) in [6, 6.07) is 8.15. The summed E-state index contributed by atoms with van der Waals surface area (Å²) >= 11 is 7.79. The lowest BCUT2D eigenvalue weighted by Gasteiger charge is -2.08. The highest BCUT2D eigenvalue weighted by Gasteiger charge is 2.13. The Kier molecular flexibility index (Phi) is 4.69. The van der Waals surface area contributed by atoms with Crippen molar-refractivity contribution in [3.8, 4) is 0 Å². The van der Waals surface area contributed by atoms with Gasteiger partial charge in [0.2, 0.25) is 0 Å². The second kappa shape index (κ2) is 6.27. The van der Waals surface area contributed by atoms with Crippen molar-refractivity contribution < 1.29 is 0 Å². The molecule has 0 bridgehead atoms. The van der Waals surface area contributed by atoms with Crippen molar-refractivity contribution in [2.45, 2.75) is 25.8 Å². The Morgan fingerprint density at radius 2 is 2.11 bits per heavy atom. The minimum Gasteiger partial charge on any atom is -0.311 e. The molecule has 0 amide bonds. The summed E-state index contributed by atoms with van der Waals surface area (Å²) in [7, 11) is 1.95. The maximum absolute atomic E-state index is 6.14. The third-order valence-electron chi connectivity index (χ3n) is 2.84. The van der Waals surface area contributed by atoms with Gasteiger partial charge in [0.25, 0.3) is 0 Å².